The monoisotopic (exact) mass is 442 g/mol. The fourth-order valence-electron chi connectivity index (χ4n) is 4.24. The highest BCUT2D eigenvalue weighted by Gasteiger charge is 2.47. The van der Waals surface area contributed by atoms with E-state index in [0.29, 0.717) is 32.8 Å². The molecule has 31 heavy (non-hydrogen) atoms. The van der Waals surface area contributed by atoms with Gasteiger partial charge in [-0.05, 0) is 27.7 Å². The molecule has 0 saturated carbocycles. The third-order valence-corrected chi connectivity index (χ3v) is 5.55. The van der Waals surface area contributed by atoms with Crippen molar-refractivity contribution in [2.45, 2.75) is 27.7 Å². The van der Waals surface area contributed by atoms with Crippen molar-refractivity contribution >= 4 is 23.9 Å². The third-order valence-electron chi connectivity index (χ3n) is 5.55. The molecule has 10 heteroatoms. The maximum absolute atomic E-state index is 12.4. The second-order valence-corrected chi connectivity index (χ2v) is 7.65. The van der Waals surface area contributed by atoms with Crippen molar-refractivity contribution in [2.75, 3.05) is 59.3 Å². The summed E-state index contributed by atoms with van der Waals surface area (Å²) in [7, 11) is 0. The highest BCUT2D eigenvalue weighted by molar-refractivity contribution is 5.84. The first-order valence-corrected chi connectivity index (χ1v) is 11.0. The summed E-state index contributed by atoms with van der Waals surface area (Å²) in [4.78, 5) is 53.4. The summed E-state index contributed by atoms with van der Waals surface area (Å²) in [5.74, 6) is -4.11. The Morgan fingerprint density at radius 1 is 0.548 bits per heavy atom. The van der Waals surface area contributed by atoms with Gasteiger partial charge in [-0.3, -0.25) is 29.0 Å². The van der Waals surface area contributed by atoms with Gasteiger partial charge < -0.3 is 18.9 Å². The molecule has 0 amide bonds. The van der Waals surface area contributed by atoms with Crippen LogP contribution in [0.4, 0.5) is 0 Å². The second kappa shape index (κ2) is 12.0. The molecule has 2 rings (SSSR count). The molecule has 0 unspecified atom stereocenters. The Balaban J connectivity index is 2.08. The Morgan fingerprint density at radius 3 is 0.968 bits per heavy atom. The van der Waals surface area contributed by atoms with Crippen LogP contribution in [0.5, 0.6) is 0 Å². The minimum atomic E-state index is -0.608. The minimum absolute atomic E-state index is 0.236. The summed E-state index contributed by atoms with van der Waals surface area (Å²) in [6.45, 7) is 9.59. The van der Waals surface area contributed by atoms with E-state index < -0.39 is 47.5 Å². The zero-order chi connectivity index (χ0) is 23.0. The summed E-state index contributed by atoms with van der Waals surface area (Å²) < 4.78 is 20.6. The predicted octanol–water partition coefficient (Wildman–Crippen LogP) is 0.292. The smallest absolute Gasteiger partial charge is 0.311 e. The van der Waals surface area contributed by atoms with Crippen LogP contribution in [0.15, 0.2) is 0 Å². The summed E-state index contributed by atoms with van der Waals surface area (Å²) in [5, 5.41) is 0. The van der Waals surface area contributed by atoms with E-state index in [1.54, 1.807) is 27.7 Å². The largest absolute Gasteiger partial charge is 0.466 e. The second-order valence-electron chi connectivity index (χ2n) is 7.65. The van der Waals surface area contributed by atoms with E-state index in [2.05, 4.69) is 0 Å². The average molecular weight is 443 g/mol. The van der Waals surface area contributed by atoms with Crippen molar-refractivity contribution in [3.63, 3.8) is 0 Å². The van der Waals surface area contributed by atoms with Gasteiger partial charge in [0.1, 0.15) is 0 Å². The summed E-state index contributed by atoms with van der Waals surface area (Å²) in [5.41, 5.74) is 0. The van der Waals surface area contributed by atoms with Gasteiger partial charge in [-0.25, -0.2) is 0 Å². The first kappa shape index (κ1) is 25.1. The van der Waals surface area contributed by atoms with Gasteiger partial charge in [0.25, 0.3) is 0 Å². The fraction of sp³-hybridized carbons (Fsp3) is 0.810. The number of hydrogen-bond acceptors (Lipinski definition) is 10. The Morgan fingerprint density at radius 2 is 0.774 bits per heavy atom. The Labute approximate surface area is 183 Å². The maximum Gasteiger partial charge on any atom is 0.311 e. The van der Waals surface area contributed by atoms with Crippen molar-refractivity contribution in [3.05, 3.63) is 0 Å². The topological polar surface area (TPSA) is 112 Å². The quantitative estimate of drug-likeness (QED) is 0.346. The number of nitrogens with zero attached hydrogens (tertiary/aromatic N) is 2. The van der Waals surface area contributed by atoms with Crippen LogP contribution >= 0.6 is 0 Å². The third kappa shape index (κ3) is 6.39. The highest BCUT2D eigenvalue weighted by Crippen LogP contribution is 2.30. The molecule has 0 bridgehead atoms. The van der Waals surface area contributed by atoms with E-state index in [1.165, 1.54) is 0 Å². The molecular formula is C21H34N2O8. The molecule has 2 aliphatic heterocycles. The van der Waals surface area contributed by atoms with Gasteiger partial charge in [-0.2, -0.15) is 0 Å². The first-order chi connectivity index (χ1) is 14.9. The molecule has 10 nitrogen and oxygen atoms in total. The van der Waals surface area contributed by atoms with Gasteiger partial charge in [0.15, 0.2) is 0 Å². The molecule has 2 fully saturated rings. The molecule has 0 radical (unpaired) electrons. The van der Waals surface area contributed by atoms with Crippen LogP contribution in [0.3, 0.4) is 0 Å². The fourth-order valence-corrected chi connectivity index (χ4v) is 4.24. The van der Waals surface area contributed by atoms with Crippen LogP contribution in [0.25, 0.3) is 0 Å². The van der Waals surface area contributed by atoms with Crippen LogP contribution in [0.2, 0.25) is 0 Å². The molecule has 2 heterocycles. The molecule has 0 aromatic heterocycles. The number of carbonyl (C=O) groups excluding carboxylic acids is 4. The molecule has 0 spiro atoms. The number of ether oxygens (including phenoxy) is 4. The van der Waals surface area contributed by atoms with E-state index in [9.17, 15) is 19.2 Å². The number of esters is 4. The van der Waals surface area contributed by atoms with Gasteiger partial charge in [-0.1, -0.05) is 0 Å². The lowest BCUT2D eigenvalue weighted by atomic mass is 9.96. The van der Waals surface area contributed by atoms with E-state index in [4.69, 9.17) is 18.9 Å². The van der Waals surface area contributed by atoms with Crippen molar-refractivity contribution in [3.8, 4) is 0 Å². The van der Waals surface area contributed by atoms with Gasteiger partial charge >= 0.3 is 23.9 Å². The average Bonchev–Trinajstić information content (AvgIpc) is 3.34. The molecular weight excluding hydrogens is 408 g/mol. The summed E-state index contributed by atoms with van der Waals surface area (Å²) >= 11 is 0. The molecule has 0 aliphatic carbocycles. The van der Waals surface area contributed by atoms with Gasteiger partial charge in [0.05, 0.1) is 56.8 Å². The van der Waals surface area contributed by atoms with Crippen molar-refractivity contribution in [1.29, 1.82) is 0 Å². The molecule has 0 aromatic carbocycles. The number of carbonyl (C=O) groups is 4. The van der Waals surface area contributed by atoms with E-state index in [-0.39, 0.29) is 26.4 Å². The van der Waals surface area contributed by atoms with Gasteiger partial charge in [0.2, 0.25) is 0 Å². The molecule has 0 aromatic rings. The van der Waals surface area contributed by atoms with Crippen LogP contribution in [-0.2, 0) is 38.1 Å². The molecule has 4 atom stereocenters. The Bertz CT molecular complexity index is 549. The molecule has 0 N–H and O–H groups in total. The number of hydrogen-bond donors (Lipinski definition) is 0. The number of rotatable bonds is 10. The van der Waals surface area contributed by atoms with Gasteiger partial charge in [0, 0.05) is 26.2 Å². The van der Waals surface area contributed by atoms with Gasteiger partial charge in [-0.15, -0.1) is 0 Å². The van der Waals surface area contributed by atoms with Crippen molar-refractivity contribution in [1.82, 2.24) is 9.80 Å². The Hall–Kier alpha value is -2.20. The lowest BCUT2D eigenvalue weighted by Gasteiger charge is -2.23. The standard InChI is InChI=1S/C21H34N2O8/c1-5-28-18(24)14-9-22(10-15(14)19(25)29-6-2)13-23-11-16(20(26)30-7-3)17(12-23)21(27)31-8-4/h14-17H,5-13H2,1-4H3/t14-,15-,16-,17-/m0/s1. The number of likely N-dealkylation sites (tertiary alicyclic amines) is 2. The van der Waals surface area contributed by atoms with E-state index >= 15 is 0 Å². The predicted molar refractivity (Wildman–Crippen MR) is 109 cm³/mol. The van der Waals surface area contributed by atoms with Crippen molar-refractivity contribution in [2.24, 2.45) is 23.7 Å². The van der Waals surface area contributed by atoms with E-state index in [1.807, 2.05) is 9.80 Å². The van der Waals surface area contributed by atoms with Crippen LogP contribution in [0, 0.1) is 23.7 Å². The summed E-state index contributed by atoms with van der Waals surface area (Å²) in [6, 6.07) is 0. The molecule has 2 saturated heterocycles. The Kier molecular flexibility index (Phi) is 9.70. The highest BCUT2D eigenvalue weighted by atomic mass is 16.5. The minimum Gasteiger partial charge on any atom is -0.466 e. The molecule has 2 aliphatic rings. The zero-order valence-corrected chi connectivity index (χ0v) is 18.8. The first-order valence-electron chi connectivity index (χ1n) is 11.0. The summed E-state index contributed by atoms with van der Waals surface area (Å²) in [6.07, 6.45) is 0. The zero-order valence-electron chi connectivity index (χ0n) is 18.8. The van der Waals surface area contributed by atoms with E-state index in [0.717, 1.165) is 0 Å². The van der Waals surface area contributed by atoms with Crippen LogP contribution in [0.1, 0.15) is 27.7 Å². The maximum atomic E-state index is 12.4. The van der Waals surface area contributed by atoms with Crippen LogP contribution < -0.4 is 0 Å². The lowest BCUT2D eigenvalue weighted by molar-refractivity contribution is -0.157. The molecule has 176 valence electrons. The SMILES string of the molecule is CCOC(=O)[C@H]1CN(CN2C[C@H](C(=O)OCC)[C@@H](C(=O)OCC)C2)C[C@@H]1C(=O)OCC. The van der Waals surface area contributed by atoms with Crippen molar-refractivity contribution < 1.29 is 38.1 Å². The lowest BCUT2D eigenvalue weighted by Crippen LogP contribution is -2.37. The van der Waals surface area contributed by atoms with Crippen LogP contribution in [-0.4, -0.2) is 93.0 Å². The normalized spacial score (nSPS) is 26.5.